The summed E-state index contributed by atoms with van der Waals surface area (Å²) in [6, 6.07) is 0.560. The lowest BCUT2D eigenvalue weighted by Gasteiger charge is -2.14. The molecule has 2 amide bonds. The highest BCUT2D eigenvalue weighted by atomic mass is 32.2. The van der Waals surface area contributed by atoms with E-state index >= 15 is 0 Å². The molecule has 0 radical (unpaired) electrons. The normalized spacial score (nSPS) is 11.9. The van der Waals surface area contributed by atoms with Gasteiger partial charge in [0.2, 0.25) is 0 Å². The Labute approximate surface area is 122 Å². The first-order chi connectivity index (χ1) is 9.52. The summed E-state index contributed by atoms with van der Waals surface area (Å²) in [6.45, 7) is 0.414. The third-order valence-corrected chi connectivity index (χ3v) is 3.29. The molecule has 1 aromatic heterocycles. The van der Waals surface area contributed by atoms with Gasteiger partial charge in [0.25, 0.3) is 0 Å². The van der Waals surface area contributed by atoms with Crippen molar-refractivity contribution in [3.8, 4) is 0 Å². The maximum atomic E-state index is 11.6. The van der Waals surface area contributed by atoms with Crippen LogP contribution in [0.5, 0.6) is 0 Å². The summed E-state index contributed by atoms with van der Waals surface area (Å²) >= 11 is 1.55. The summed E-state index contributed by atoms with van der Waals surface area (Å²) in [5.74, 6) is -0.329. The highest BCUT2D eigenvalue weighted by molar-refractivity contribution is 7.98. The molecule has 0 saturated heterocycles. The second-order valence-corrected chi connectivity index (χ2v) is 5.29. The van der Waals surface area contributed by atoms with E-state index in [2.05, 4.69) is 15.7 Å². The Morgan fingerprint density at radius 2 is 2.30 bits per heavy atom. The van der Waals surface area contributed by atoms with Crippen LogP contribution in [0, 0.1) is 0 Å². The van der Waals surface area contributed by atoms with E-state index in [9.17, 15) is 9.59 Å². The summed E-state index contributed by atoms with van der Waals surface area (Å²) in [7, 11) is 1.83. The van der Waals surface area contributed by atoms with Crippen LogP contribution < -0.4 is 10.6 Å². The van der Waals surface area contributed by atoms with Crippen molar-refractivity contribution in [2.24, 2.45) is 7.05 Å². The van der Waals surface area contributed by atoms with E-state index in [1.807, 2.05) is 25.6 Å². The Kier molecular flexibility index (Phi) is 6.92. The van der Waals surface area contributed by atoms with E-state index in [1.165, 1.54) is 0 Å². The maximum Gasteiger partial charge on any atom is 0.326 e. The van der Waals surface area contributed by atoms with Gasteiger partial charge in [-0.3, -0.25) is 4.68 Å². The molecule has 0 bridgehead atoms. The fraction of sp³-hybridized carbons (Fsp3) is 0.583. The van der Waals surface area contributed by atoms with Crippen LogP contribution in [0.4, 0.5) is 4.79 Å². The molecule has 8 heteroatoms. The number of nitrogens with zero attached hydrogens (tertiary/aromatic N) is 2. The van der Waals surface area contributed by atoms with Crippen LogP contribution in [0.1, 0.15) is 12.1 Å². The molecule has 0 unspecified atom stereocenters. The zero-order valence-electron chi connectivity index (χ0n) is 11.6. The van der Waals surface area contributed by atoms with Gasteiger partial charge in [0.1, 0.15) is 6.04 Å². The summed E-state index contributed by atoms with van der Waals surface area (Å²) in [4.78, 5) is 22.6. The van der Waals surface area contributed by atoms with Crippen LogP contribution in [0.15, 0.2) is 12.3 Å². The zero-order chi connectivity index (χ0) is 15.0. The van der Waals surface area contributed by atoms with Crippen LogP contribution in [0.3, 0.4) is 0 Å². The first-order valence-electron chi connectivity index (χ1n) is 6.27. The van der Waals surface area contributed by atoms with Gasteiger partial charge < -0.3 is 15.7 Å². The summed E-state index contributed by atoms with van der Waals surface area (Å²) in [6.07, 6.45) is 4.74. The Bertz CT molecular complexity index is 450. The number of hydrogen-bond donors (Lipinski definition) is 3. The summed E-state index contributed by atoms with van der Waals surface area (Å²) in [5, 5.41) is 18.3. The topological polar surface area (TPSA) is 96.3 Å². The number of aryl methyl sites for hydroxylation is 1. The van der Waals surface area contributed by atoms with Crippen LogP contribution in [0.25, 0.3) is 0 Å². The molecule has 0 aliphatic heterocycles. The van der Waals surface area contributed by atoms with Gasteiger partial charge >= 0.3 is 12.0 Å². The first kappa shape index (κ1) is 16.4. The molecular formula is C12H20N4O3S. The van der Waals surface area contributed by atoms with Crippen molar-refractivity contribution in [1.82, 2.24) is 20.4 Å². The molecule has 0 aliphatic carbocycles. The summed E-state index contributed by atoms with van der Waals surface area (Å²) in [5.41, 5.74) is 0.880. The van der Waals surface area contributed by atoms with Crippen molar-refractivity contribution < 1.29 is 14.7 Å². The lowest BCUT2D eigenvalue weighted by molar-refractivity contribution is -0.139. The van der Waals surface area contributed by atoms with E-state index in [0.29, 0.717) is 25.1 Å². The van der Waals surface area contributed by atoms with E-state index in [-0.39, 0.29) is 0 Å². The van der Waals surface area contributed by atoms with E-state index in [4.69, 9.17) is 5.11 Å². The standard InChI is InChI=1S/C12H20N4O3S/c1-16-7-4-9(15-16)3-6-13-12(19)14-10(11(17)18)5-8-20-2/h4,7,10H,3,5-6,8H2,1-2H3,(H,17,18)(H2,13,14,19)/t10-/m1/s1. The molecule has 3 N–H and O–H groups in total. The lowest BCUT2D eigenvalue weighted by atomic mass is 10.2. The molecule has 20 heavy (non-hydrogen) atoms. The van der Waals surface area contributed by atoms with Crippen molar-refractivity contribution in [2.75, 3.05) is 18.6 Å². The maximum absolute atomic E-state index is 11.6. The average Bonchev–Trinajstić information content (AvgIpc) is 2.80. The number of rotatable bonds is 8. The van der Waals surface area contributed by atoms with E-state index in [0.717, 1.165) is 5.69 Å². The molecule has 1 rings (SSSR count). The number of amides is 2. The Balaban J connectivity index is 2.28. The molecule has 0 fully saturated rings. The number of nitrogens with one attached hydrogen (secondary N) is 2. The lowest BCUT2D eigenvalue weighted by Crippen LogP contribution is -2.46. The molecule has 1 atom stereocenters. The number of aromatic nitrogens is 2. The second kappa shape index (κ2) is 8.47. The molecule has 0 saturated carbocycles. The zero-order valence-corrected chi connectivity index (χ0v) is 12.4. The van der Waals surface area contributed by atoms with Crippen molar-refractivity contribution >= 4 is 23.8 Å². The largest absolute Gasteiger partial charge is 0.480 e. The monoisotopic (exact) mass is 300 g/mol. The third-order valence-electron chi connectivity index (χ3n) is 2.65. The van der Waals surface area contributed by atoms with Crippen molar-refractivity contribution in [1.29, 1.82) is 0 Å². The Hall–Kier alpha value is -1.70. The van der Waals surface area contributed by atoms with Gasteiger partial charge in [0, 0.05) is 26.2 Å². The van der Waals surface area contributed by atoms with Gasteiger partial charge in [-0.25, -0.2) is 9.59 Å². The van der Waals surface area contributed by atoms with Gasteiger partial charge in [-0.1, -0.05) is 0 Å². The smallest absolute Gasteiger partial charge is 0.326 e. The second-order valence-electron chi connectivity index (χ2n) is 4.30. The number of carbonyl (C=O) groups excluding carboxylic acids is 1. The van der Waals surface area contributed by atoms with E-state index in [1.54, 1.807) is 16.4 Å². The predicted octanol–water partition coefficient (Wildman–Crippen LogP) is 0.468. The van der Waals surface area contributed by atoms with Crippen molar-refractivity contribution in [2.45, 2.75) is 18.9 Å². The van der Waals surface area contributed by atoms with Crippen LogP contribution in [-0.2, 0) is 18.3 Å². The van der Waals surface area contributed by atoms with Crippen molar-refractivity contribution in [3.63, 3.8) is 0 Å². The SMILES string of the molecule is CSCC[C@@H](NC(=O)NCCc1ccn(C)n1)C(=O)O. The molecule has 112 valence electrons. The molecule has 0 aliphatic rings. The average molecular weight is 300 g/mol. The van der Waals surface area contributed by atoms with Crippen LogP contribution in [-0.4, -0.2) is 51.5 Å². The number of aliphatic carboxylic acids is 1. The Morgan fingerprint density at radius 1 is 1.55 bits per heavy atom. The highest BCUT2D eigenvalue weighted by Crippen LogP contribution is 2.01. The first-order valence-corrected chi connectivity index (χ1v) is 7.67. The minimum absolute atomic E-state index is 0.407. The van der Waals surface area contributed by atoms with Gasteiger partial charge in [0.15, 0.2) is 0 Å². The fourth-order valence-corrected chi connectivity index (χ4v) is 2.07. The number of hydrogen-bond acceptors (Lipinski definition) is 4. The number of carbonyl (C=O) groups is 2. The van der Waals surface area contributed by atoms with Gasteiger partial charge in [0.05, 0.1) is 5.69 Å². The number of thioether (sulfide) groups is 1. The Morgan fingerprint density at radius 3 is 2.85 bits per heavy atom. The quantitative estimate of drug-likeness (QED) is 0.648. The molecule has 7 nitrogen and oxygen atoms in total. The molecule has 0 spiro atoms. The van der Waals surface area contributed by atoms with Gasteiger partial charge in [-0.15, -0.1) is 0 Å². The fourth-order valence-electron chi connectivity index (χ4n) is 1.60. The molecular weight excluding hydrogens is 280 g/mol. The van der Waals surface area contributed by atoms with Crippen molar-refractivity contribution in [3.05, 3.63) is 18.0 Å². The minimum atomic E-state index is -1.01. The third kappa shape index (κ3) is 5.96. The molecule has 1 heterocycles. The number of urea groups is 1. The van der Waals surface area contributed by atoms with Gasteiger partial charge in [-0.2, -0.15) is 16.9 Å². The predicted molar refractivity (Wildman–Crippen MR) is 77.9 cm³/mol. The summed E-state index contributed by atoms with van der Waals surface area (Å²) < 4.78 is 1.69. The highest BCUT2D eigenvalue weighted by Gasteiger charge is 2.18. The van der Waals surface area contributed by atoms with Gasteiger partial charge in [-0.05, 0) is 24.5 Å². The van der Waals surface area contributed by atoms with Crippen LogP contribution in [0.2, 0.25) is 0 Å². The van der Waals surface area contributed by atoms with E-state index < -0.39 is 18.0 Å². The minimum Gasteiger partial charge on any atom is -0.480 e. The van der Waals surface area contributed by atoms with Crippen LogP contribution >= 0.6 is 11.8 Å². The molecule has 0 aromatic carbocycles. The number of carboxylic acid groups (broad SMARTS) is 1. The number of carboxylic acids is 1. The molecule has 1 aromatic rings.